The Balaban J connectivity index is 2.39. The Kier molecular flexibility index (Phi) is 6.49. The van der Waals surface area contributed by atoms with Gasteiger partial charge in [-0.2, -0.15) is 0 Å². The summed E-state index contributed by atoms with van der Waals surface area (Å²) in [5.74, 6) is 0.436. The van der Waals surface area contributed by atoms with Crippen LogP contribution < -0.4 is 5.73 Å². The molecule has 0 spiro atoms. The average molecular weight is 281 g/mol. The van der Waals surface area contributed by atoms with Gasteiger partial charge in [0.25, 0.3) is 0 Å². The summed E-state index contributed by atoms with van der Waals surface area (Å²) in [4.78, 5) is 0. The molecular formula is C20H27N. The fourth-order valence-electron chi connectivity index (χ4n) is 2.89. The first-order valence-corrected chi connectivity index (χ1v) is 8.13. The summed E-state index contributed by atoms with van der Waals surface area (Å²) in [6, 6.07) is 8.85. The molecule has 1 aromatic rings. The predicted octanol–water partition coefficient (Wildman–Crippen LogP) is 4.89. The third-order valence-electron chi connectivity index (χ3n) is 4.03. The van der Waals surface area contributed by atoms with Gasteiger partial charge in [0.1, 0.15) is 0 Å². The molecule has 1 atom stereocenters. The van der Waals surface area contributed by atoms with Crippen LogP contribution in [-0.2, 0) is 6.42 Å². The van der Waals surface area contributed by atoms with Gasteiger partial charge in [-0.05, 0) is 61.3 Å². The number of hydrogen-bond donors (Lipinski definition) is 1. The van der Waals surface area contributed by atoms with Gasteiger partial charge >= 0.3 is 0 Å². The van der Waals surface area contributed by atoms with E-state index in [4.69, 9.17) is 5.73 Å². The van der Waals surface area contributed by atoms with Crippen molar-refractivity contribution in [3.05, 3.63) is 65.8 Å². The topological polar surface area (TPSA) is 26.0 Å². The summed E-state index contributed by atoms with van der Waals surface area (Å²) in [5, 5.41) is 0. The van der Waals surface area contributed by atoms with Crippen molar-refractivity contribution in [3.63, 3.8) is 0 Å². The highest BCUT2D eigenvalue weighted by Gasteiger charge is 2.12. The SMILES string of the molecule is CC1/C=C\C/C=C\CCCc2ccccc2/C1=C\CCN. The molecule has 1 heteroatoms. The first kappa shape index (κ1) is 15.8. The normalized spacial score (nSPS) is 24.7. The van der Waals surface area contributed by atoms with E-state index in [-0.39, 0.29) is 0 Å². The van der Waals surface area contributed by atoms with Gasteiger partial charge in [-0.3, -0.25) is 0 Å². The molecule has 21 heavy (non-hydrogen) atoms. The lowest BCUT2D eigenvalue weighted by atomic mass is 9.87. The van der Waals surface area contributed by atoms with E-state index < -0.39 is 0 Å². The highest BCUT2D eigenvalue weighted by Crippen LogP contribution is 2.29. The molecule has 0 aliphatic heterocycles. The number of fused-ring (bicyclic) bond motifs is 1. The molecule has 0 heterocycles. The second-order valence-corrected chi connectivity index (χ2v) is 5.71. The maximum absolute atomic E-state index is 5.71. The Morgan fingerprint density at radius 3 is 2.90 bits per heavy atom. The Hall–Kier alpha value is -1.60. The fourth-order valence-corrected chi connectivity index (χ4v) is 2.89. The summed E-state index contributed by atoms with van der Waals surface area (Å²) in [5.41, 5.74) is 10.0. The third kappa shape index (κ3) is 4.71. The van der Waals surface area contributed by atoms with Crippen LogP contribution in [0.4, 0.5) is 0 Å². The zero-order valence-corrected chi connectivity index (χ0v) is 13.1. The summed E-state index contributed by atoms with van der Waals surface area (Å²) in [6.07, 6.45) is 17.0. The van der Waals surface area contributed by atoms with Gasteiger partial charge in [-0.15, -0.1) is 0 Å². The van der Waals surface area contributed by atoms with E-state index in [0.29, 0.717) is 12.5 Å². The van der Waals surface area contributed by atoms with Crippen LogP contribution in [0.15, 0.2) is 54.6 Å². The molecule has 0 saturated heterocycles. The van der Waals surface area contributed by atoms with Crippen molar-refractivity contribution in [1.29, 1.82) is 0 Å². The van der Waals surface area contributed by atoms with E-state index >= 15 is 0 Å². The Bertz CT molecular complexity index is 522. The van der Waals surface area contributed by atoms with Crippen molar-refractivity contribution in [2.45, 2.75) is 39.0 Å². The molecule has 0 radical (unpaired) electrons. The highest BCUT2D eigenvalue weighted by atomic mass is 14.5. The van der Waals surface area contributed by atoms with Crippen molar-refractivity contribution < 1.29 is 0 Å². The molecule has 2 rings (SSSR count). The monoisotopic (exact) mass is 281 g/mol. The zero-order chi connectivity index (χ0) is 14.9. The first-order valence-electron chi connectivity index (χ1n) is 8.13. The maximum Gasteiger partial charge on any atom is -0.000745 e. The van der Waals surface area contributed by atoms with E-state index in [2.05, 4.69) is 61.6 Å². The van der Waals surface area contributed by atoms with Gasteiger partial charge in [0.05, 0.1) is 0 Å². The maximum atomic E-state index is 5.71. The van der Waals surface area contributed by atoms with E-state index in [1.165, 1.54) is 29.5 Å². The number of hydrogen-bond acceptors (Lipinski definition) is 1. The van der Waals surface area contributed by atoms with E-state index in [9.17, 15) is 0 Å². The Morgan fingerprint density at radius 1 is 1.19 bits per heavy atom. The third-order valence-corrected chi connectivity index (χ3v) is 4.03. The van der Waals surface area contributed by atoms with Crippen molar-refractivity contribution in [3.8, 4) is 0 Å². The second kappa shape index (κ2) is 8.63. The number of nitrogens with two attached hydrogens (primary N) is 1. The molecule has 0 amide bonds. The van der Waals surface area contributed by atoms with E-state index in [1.54, 1.807) is 0 Å². The largest absolute Gasteiger partial charge is 0.330 e. The molecule has 0 aromatic heterocycles. The molecule has 112 valence electrons. The van der Waals surface area contributed by atoms with Crippen LogP contribution in [0, 0.1) is 5.92 Å². The molecule has 1 aromatic carbocycles. The van der Waals surface area contributed by atoms with Gasteiger partial charge in [-0.1, -0.05) is 61.6 Å². The molecule has 1 unspecified atom stereocenters. The fraction of sp³-hybridized carbons (Fsp3) is 0.400. The summed E-state index contributed by atoms with van der Waals surface area (Å²) >= 11 is 0. The lowest BCUT2D eigenvalue weighted by Crippen LogP contribution is -2.03. The molecule has 1 aliphatic carbocycles. The Morgan fingerprint density at radius 2 is 2.05 bits per heavy atom. The van der Waals surface area contributed by atoms with Crippen LogP contribution in [0.5, 0.6) is 0 Å². The van der Waals surface area contributed by atoms with Gasteiger partial charge in [0.2, 0.25) is 0 Å². The second-order valence-electron chi connectivity index (χ2n) is 5.71. The molecule has 0 saturated carbocycles. The minimum absolute atomic E-state index is 0.436. The zero-order valence-electron chi connectivity index (χ0n) is 13.1. The smallest absolute Gasteiger partial charge is 0.000745 e. The lowest BCUT2D eigenvalue weighted by molar-refractivity contribution is 0.832. The van der Waals surface area contributed by atoms with E-state index in [1.807, 2.05) is 0 Å². The van der Waals surface area contributed by atoms with Crippen LogP contribution in [0.25, 0.3) is 5.57 Å². The minimum Gasteiger partial charge on any atom is -0.330 e. The molecule has 1 aliphatic rings. The van der Waals surface area contributed by atoms with Crippen LogP contribution in [0.1, 0.15) is 43.7 Å². The van der Waals surface area contributed by atoms with Crippen molar-refractivity contribution >= 4 is 5.57 Å². The van der Waals surface area contributed by atoms with Crippen LogP contribution in [0.3, 0.4) is 0 Å². The Labute approximate surface area is 129 Å². The number of aryl methyl sites for hydroxylation is 1. The van der Waals surface area contributed by atoms with Crippen molar-refractivity contribution in [2.75, 3.05) is 6.54 Å². The molecule has 1 nitrogen and oxygen atoms in total. The standard InChI is InChI=1S/C20H27N/c1-17-11-6-4-2-3-5-7-12-18-13-8-9-14-20(18)19(17)15-10-16-21/h2-3,6,8-9,11,13-15,17H,4-5,7,10,12,16,21H2,1H3/b3-2-,11-6-,19-15-. The van der Waals surface area contributed by atoms with Crippen molar-refractivity contribution in [1.82, 2.24) is 0 Å². The van der Waals surface area contributed by atoms with Gasteiger partial charge in [-0.25, -0.2) is 0 Å². The molecule has 0 bridgehead atoms. The van der Waals surface area contributed by atoms with Gasteiger partial charge in [0, 0.05) is 0 Å². The lowest BCUT2D eigenvalue weighted by Gasteiger charge is -2.18. The van der Waals surface area contributed by atoms with Crippen LogP contribution >= 0.6 is 0 Å². The van der Waals surface area contributed by atoms with Gasteiger partial charge < -0.3 is 5.73 Å². The summed E-state index contributed by atoms with van der Waals surface area (Å²) in [6.45, 7) is 3.00. The predicted molar refractivity (Wildman–Crippen MR) is 93.1 cm³/mol. The number of rotatable bonds is 2. The number of benzene rings is 1. The first-order chi connectivity index (χ1) is 10.3. The summed E-state index contributed by atoms with van der Waals surface area (Å²) in [7, 11) is 0. The molecule has 2 N–H and O–H groups in total. The number of allylic oxidation sites excluding steroid dienone is 5. The highest BCUT2D eigenvalue weighted by molar-refractivity contribution is 5.71. The molecular weight excluding hydrogens is 254 g/mol. The van der Waals surface area contributed by atoms with Crippen LogP contribution in [0.2, 0.25) is 0 Å². The van der Waals surface area contributed by atoms with E-state index in [0.717, 1.165) is 19.3 Å². The quantitative estimate of drug-likeness (QED) is 0.767. The molecule has 0 fully saturated rings. The van der Waals surface area contributed by atoms with Crippen molar-refractivity contribution in [2.24, 2.45) is 11.7 Å². The summed E-state index contributed by atoms with van der Waals surface area (Å²) < 4.78 is 0. The van der Waals surface area contributed by atoms with Crippen LogP contribution in [-0.4, -0.2) is 6.54 Å². The minimum atomic E-state index is 0.436. The van der Waals surface area contributed by atoms with Gasteiger partial charge in [0.15, 0.2) is 0 Å². The average Bonchev–Trinajstić information content (AvgIpc) is 2.50.